The average molecular weight is 150 g/mol. The molecule has 0 saturated heterocycles. The number of hydrogen-bond donors (Lipinski definition) is 0. The number of rotatable bonds is 0. The maximum absolute atomic E-state index is 1.62. The van der Waals surface area contributed by atoms with Gasteiger partial charge in [0.1, 0.15) is 0 Å². The van der Waals surface area contributed by atoms with Crippen molar-refractivity contribution >= 4 is 0 Å². The van der Waals surface area contributed by atoms with Crippen LogP contribution in [-0.4, -0.2) is 0 Å². The Morgan fingerprint density at radius 2 is 1.91 bits per heavy atom. The molecular formula is C11H18. The van der Waals surface area contributed by atoms with Crippen LogP contribution >= 0.6 is 0 Å². The van der Waals surface area contributed by atoms with Crippen LogP contribution in [0.1, 0.15) is 51.4 Å². The summed E-state index contributed by atoms with van der Waals surface area (Å²) in [6.07, 6.45) is 12.7. The summed E-state index contributed by atoms with van der Waals surface area (Å²) in [5, 5.41) is 0. The molecule has 0 aromatic carbocycles. The minimum Gasteiger partial charge on any atom is -0.0525 e. The smallest absolute Gasteiger partial charge is 0.0266 e. The zero-order valence-corrected chi connectivity index (χ0v) is 7.31. The summed E-state index contributed by atoms with van der Waals surface area (Å²) < 4.78 is 0. The number of hydrogen-bond acceptors (Lipinski definition) is 0. The summed E-state index contributed by atoms with van der Waals surface area (Å²) in [4.78, 5) is 0. The predicted molar refractivity (Wildman–Crippen MR) is 46.3 cm³/mol. The van der Waals surface area contributed by atoms with E-state index in [9.17, 15) is 0 Å². The summed E-state index contributed by atoms with van der Waals surface area (Å²) in [6.45, 7) is 0. The van der Waals surface area contributed by atoms with Gasteiger partial charge in [0.05, 0.1) is 0 Å². The Morgan fingerprint density at radius 1 is 0.909 bits per heavy atom. The van der Waals surface area contributed by atoms with Gasteiger partial charge in [0.2, 0.25) is 0 Å². The monoisotopic (exact) mass is 150 g/mol. The Morgan fingerprint density at radius 3 is 2.91 bits per heavy atom. The minimum atomic E-state index is 0.906. The van der Waals surface area contributed by atoms with Crippen molar-refractivity contribution in [1.82, 2.24) is 0 Å². The standard InChI is InChI=1S/C11H18/c1-2-10-4-3-9-5-7-11(10,6-1)8-9/h9-10H,1-8H2/t9?,10-,11?/m0/s1. The van der Waals surface area contributed by atoms with Gasteiger partial charge in [0.15, 0.2) is 0 Å². The van der Waals surface area contributed by atoms with Crippen molar-refractivity contribution in [2.24, 2.45) is 17.3 Å². The van der Waals surface area contributed by atoms with Crippen LogP contribution in [0, 0.1) is 17.3 Å². The molecule has 0 heteroatoms. The first-order valence-electron chi connectivity index (χ1n) is 5.39. The summed E-state index contributed by atoms with van der Waals surface area (Å²) in [6, 6.07) is 0. The maximum Gasteiger partial charge on any atom is -0.0266 e. The van der Waals surface area contributed by atoms with E-state index >= 15 is 0 Å². The van der Waals surface area contributed by atoms with Gasteiger partial charge in [0.25, 0.3) is 0 Å². The van der Waals surface area contributed by atoms with Gasteiger partial charge in [-0.2, -0.15) is 0 Å². The topological polar surface area (TPSA) is 0 Å². The molecule has 3 aliphatic rings. The van der Waals surface area contributed by atoms with E-state index in [4.69, 9.17) is 0 Å². The Labute approximate surface area is 69.4 Å². The van der Waals surface area contributed by atoms with E-state index in [-0.39, 0.29) is 0 Å². The molecule has 3 atom stereocenters. The first kappa shape index (κ1) is 6.51. The Hall–Kier alpha value is 0. The molecule has 3 fully saturated rings. The first-order chi connectivity index (χ1) is 5.39. The van der Waals surface area contributed by atoms with E-state index in [1.165, 1.54) is 5.92 Å². The van der Waals surface area contributed by atoms with Crippen LogP contribution < -0.4 is 0 Å². The van der Waals surface area contributed by atoms with Crippen LogP contribution in [-0.2, 0) is 0 Å². The molecule has 3 rings (SSSR count). The van der Waals surface area contributed by atoms with Crippen LogP contribution in [0.25, 0.3) is 0 Å². The largest absolute Gasteiger partial charge is 0.0525 e. The molecule has 1 spiro atoms. The zero-order chi connectivity index (χ0) is 7.31. The lowest BCUT2D eigenvalue weighted by atomic mass is 9.70. The molecule has 0 aromatic rings. The Kier molecular flexibility index (Phi) is 1.20. The van der Waals surface area contributed by atoms with Crippen LogP contribution in [0.5, 0.6) is 0 Å². The maximum atomic E-state index is 1.62. The third-order valence-corrected chi connectivity index (χ3v) is 4.76. The van der Waals surface area contributed by atoms with Crippen LogP contribution in [0.2, 0.25) is 0 Å². The van der Waals surface area contributed by atoms with Crippen molar-refractivity contribution in [2.75, 3.05) is 0 Å². The molecule has 2 bridgehead atoms. The van der Waals surface area contributed by atoms with E-state index in [0.717, 1.165) is 11.3 Å². The second-order valence-corrected chi connectivity index (χ2v) is 5.14. The van der Waals surface area contributed by atoms with Crippen molar-refractivity contribution in [1.29, 1.82) is 0 Å². The molecule has 0 heterocycles. The lowest BCUT2D eigenvalue weighted by Crippen LogP contribution is -2.25. The molecule has 0 amide bonds. The van der Waals surface area contributed by atoms with Gasteiger partial charge in [0, 0.05) is 0 Å². The van der Waals surface area contributed by atoms with Crippen molar-refractivity contribution in [3.8, 4) is 0 Å². The molecule has 0 radical (unpaired) electrons. The minimum absolute atomic E-state index is 0.906. The van der Waals surface area contributed by atoms with Gasteiger partial charge < -0.3 is 0 Å². The molecule has 3 saturated carbocycles. The van der Waals surface area contributed by atoms with E-state index < -0.39 is 0 Å². The molecule has 0 N–H and O–H groups in total. The normalized spacial score (nSPS) is 54.5. The van der Waals surface area contributed by atoms with Gasteiger partial charge in [-0.05, 0) is 55.8 Å². The van der Waals surface area contributed by atoms with E-state index in [0.29, 0.717) is 0 Å². The zero-order valence-electron chi connectivity index (χ0n) is 7.31. The second-order valence-electron chi connectivity index (χ2n) is 5.14. The molecule has 0 aliphatic heterocycles. The third-order valence-electron chi connectivity index (χ3n) is 4.76. The van der Waals surface area contributed by atoms with Crippen LogP contribution in [0.15, 0.2) is 0 Å². The molecule has 0 nitrogen and oxygen atoms in total. The van der Waals surface area contributed by atoms with Crippen LogP contribution in [0.4, 0.5) is 0 Å². The average Bonchev–Trinajstić information content (AvgIpc) is 2.58. The van der Waals surface area contributed by atoms with Crippen molar-refractivity contribution in [3.63, 3.8) is 0 Å². The molecule has 3 aliphatic carbocycles. The fraction of sp³-hybridized carbons (Fsp3) is 1.00. The summed E-state index contributed by atoms with van der Waals surface area (Å²) >= 11 is 0. The lowest BCUT2D eigenvalue weighted by Gasteiger charge is -2.35. The van der Waals surface area contributed by atoms with Crippen molar-refractivity contribution in [3.05, 3.63) is 0 Å². The van der Waals surface area contributed by atoms with Gasteiger partial charge in [-0.15, -0.1) is 0 Å². The fourth-order valence-electron chi connectivity index (χ4n) is 4.21. The third kappa shape index (κ3) is 0.761. The highest BCUT2D eigenvalue weighted by atomic mass is 14.5. The van der Waals surface area contributed by atoms with Gasteiger partial charge >= 0.3 is 0 Å². The highest BCUT2D eigenvalue weighted by molar-refractivity contribution is 5.01. The van der Waals surface area contributed by atoms with Crippen molar-refractivity contribution in [2.45, 2.75) is 51.4 Å². The molecule has 2 unspecified atom stereocenters. The molecule has 62 valence electrons. The first-order valence-corrected chi connectivity index (χ1v) is 5.39. The van der Waals surface area contributed by atoms with Crippen molar-refractivity contribution < 1.29 is 0 Å². The van der Waals surface area contributed by atoms with Gasteiger partial charge in [-0.25, -0.2) is 0 Å². The fourth-order valence-corrected chi connectivity index (χ4v) is 4.21. The predicted octanol–water partition coefficient (Wildman–Crippen LogP) is 3.37. The molecule has 11 heavy (non-hydrogen) atoms. The van der Waals surface area contributed by atoms with Gasteiger partial charge in [-0.1, -0.05) is 12.8 Å². The summed E-state index contributed by atoms with van der Waals surface area (Å²) in [5.41, 5.74) is 0.906. The number of fused-ring (bicyclic) bond motifs is 1. The quantitative estimate of drug-likeness (QED) is 0.496. The highest BCUT2D eigenvalue weighted by Crippen LogP contribution is 2.61. The van der Waals surface area contributed by atoms with Crippen LogP contribution in [0.3, 0.4) is 0 Å². The highest BCUT2D eigenvalue weighted by Gasteiger charge is 2.50. The lowest BCUT2D eigenvalue weighted by molar-refractivity contribution is 0.148. The van der Waals surface area contributed by atoms with Gasteiger partial charge in [-0.3, -0.25) is 0 Å². The van der Waals surface area contributed by atoms with E-state index in [1.54, 1.807) is 51.4 Å². The summed E-state index contributed by atoms with van der Waals surface area (Å²) in [5.74, 6) is 2.32. The Balaban J connectivity index is 1.94. The summed E-state index contributed by atoms with van der Waals surface area (Å²) in [7, 11) is 0. The Bertz CT molecular complexity index is 171. The molecule has 0 aromatic heterocycles. The molecular weight excluding hydrogens is 132 g/mol. The SMILES string of the molecule is C1C[C@H]2CCC3CCC2(C1)C3. The van der Waals surface area contributed by atoms with E-state index in [1.807, 2.05) is 0 Å². The van der Waals surface area contributed by atoms with E-state index in [2.05, 4.69) is 0 Å². The second kappa shape index (κ2) is 2.02.